The van der Waals surface area contributed by atoms with Crippen molar-refractivity contribution in [3.8, 4) is 0 Å². The van der Waals surface area contributed by atoms with Crippen LogP contribution in [0.25, 0.3) is 0 Å². The second-order valence-corrected chi connectivity index (χ2v) is 5.04. The number of oxime groups is 1. The molecule has 0 bridgehead atoms. The smallest absolute Gasteiger partial charge is 0.312 e. The zero-order chi connectivity index (χ0) is 13.5. The van der Waals surface area contributed by atoms with Crippen LogP contribution in [0, 0.1) is 5.41 Å². The van der Waals surface area contributed by atoms with Crippen LogP contribution in [-0.2, 0) is 20.6 Å². The molecule has 8 heteroatoms. The number of hydrogen-bond acceptors (Lipinski definition) is 6. The molecule has 0 rings (SSSR count). The number of hydrogen-bond donors (Lipinski definition) is 1. The fourth-order valence-corrected chi connectivity index (χ4v) is 2.10. The van der Waals surface area contributed by atoms with Crippen LogP contribution < -0.4 is 0 Å². The fourth-order valence-electron chi connectivity index (χ4n) is 1.23. The third kappa shape index (κ3) is 5.99. The molecule has 0 aliphatic carbocycles. The highest BCUT2D eigenvalue weighted by atomic mass is 35.5. The van der Waals surface area contributed by atoms with E-state index in [4.69, 9.17) is 21.5 Å². The topological polar surface area (TPSA) is 99.0 Å². The van der Waals surface area contributed by atoms with Crippen molar-refractivity contribution in [1.29, 1.82) is 0 Å². The monoisotopic (exact) mass is 284 g/mol. The predicted molar refractivity (Wildman–Crippen MR) is 62.8 cm³/mol. The van der Waals surface area contributed by atoms with E-state index in [0.29, 0.717) is 0 Å². The van der Waals surface area contributed by atoms with E-state index < -0.39 is 22.5 Å². The average Bonchev–Trinajstić information content (AvgIpc) is 2.25. The minimum atomic E-state index is -2.37. The maximum absolute atomic E-state index is 11.7. The molecule has 100 valence electrons. The van der Waals surface area contributed by atoms with E-state index in [-0.39, 0.29) is 30.4 Å². The van der Waals surface area contributed by atoms with E-state index >= 15 is 0 Å². The Bertz CT molecular complexity index is 323. The van der Waals surface area contributed by atoms with Gasteiger partial charge in [0.25, 0.3) is 0 Å². The number of carbonyl (C=O) groups is 1. The van der Waals surface area contributed by atoms with Gasteiger partial charge in [-0.1, -0.05) is 27.8 Å². The van der Waals surface area contributed by atoms with Crippen molar-refractivity contribution < 1.29 is 23.5 Å². The molecular weight excluding hydrogens is 270 g/mol. The van der Waals surface area contributed by atoms with E-state index in [2.05, 4.69) is 5.16 Å². The Morgan fingerprint density at radius 2 is 2.24 bits per heavy atom. The molecule has 0 amide bonds. The highest BCUT2D eigenvalue weighted by Gasteiger charge is 2.35. The van der Waals surface area contributed by atoms with Crippen molar-refractivity contribution in [3.05, 3.63) is 0 Å². The number of esters is 1. The first-order valence-electron chi connectivity index (χ1n) is 4.95. The molecule has 0 aromatic carbocycles. The van der Waals surface area contributed by atoms with Crippen LogP contribution in [0.2, 0.25) is 0 Å². The first-order chi connectivity index (χ1) is 7.85. The van der Waals surface area contributed by atoms with E-state index in [1.807, 2.05) is 0 Å². The van der Waals surface area contributed by atoms with Crippen LogP contribution in [0.3, 0.4) is 0 Å². The maximum atomic E-state index is 11.7. The number of halogens is 1. The minimum Gasteiger partial charge on any atom is -0.772 e. The van der Waals surface area contributed by atoms with Crippen LogP contribution in [-0.4, -0.2) is 37.5 Å². The van der Waals surface area contributed by atoms with Gasteiger partial charge in [-0.2, -0.15) is 0 Å². The van der Waals surface area contributed by atoms with E-state index in [1.54, 1.807) is 6.92 Å². The highest BCUT2D eigenvalue weighted by molar-refractivity contribution is 7.79. The lowest BCUT2D eigenvalue weighted by atomic mass is 9.88. The summed E-state index contributed by atoms with van der Waals surface area (Å²) < 4.78 is 26.3. The molecule has 0 aliphatic heterocycles. The lowest BCUT2D eigenvalue weighted by Crippen LogP contribution is -2.35. The first-order valence-corrected chi connectivity index (χ1v) is 6.57. The Labute approximate surface area is 107 Å². The molecule has 0 saturated carbocycles. The SMILES string of the molecule is CCOC(=O)C(C)(CCC(Cl)=NO)CS(=O)[O-]. The van der Waals surface area contributed by atoms with Crippen LogP contribution >= 0.6 is 11.6 Å². The largest absolute Gasteiger partial charge is 0.772 e. The minimum absolute atomic E-state index is 0.0859. The Hall–Kier alpha value is -0.660. The summed E-state index contributed by atoms with van der Waals surface area (Å²) in [5.41, 5.74) is -1.19. The molecule has 6 nitrogen and oxygen atoms in total. The zero-order valence-electron chi connectivity index (χ0n) is 9.64. The average molecular weight is 285 g/mol. The zero-order valence-corrected chi connectivity index (χ0v) is 11.2. The van der Waals surface area contributed by atoms with Gasteiger partial charge in [-0.3, -0.25) is 9.00 Å². The molecule has 0 heterocycles. The van der Waals surface area contributed by atoms with Crippen molar-refractivity contribution >= 4 is 33.8 Å². The van der Waals surface area contributed by atoms with Gasteiger partial charge in [0.2, 0.25) is 0 Å². The molecule has 0 aromatic rings. The van der Waals surface area contributed by atoms with Crippen molar-refractivity contribution in [2.45, 2.75) is 26.7 Å². The van der Waals surface area contributed by atoms with Crippen LogP contribution in [0.1, 0.15) is 26.7 Å². The molecule has 1 N–H and O–H groups in total. The van der Waals surface area contributed by atoms with Gasteiger partial charge in [-0.15, -0.1) is 0 Å². The van der Waals surface area contributed by atoms with Crippen molar-refractivity contribution in [2.75, 3.05) is 12.4 Å². The summed E-state index contributed by atoms with van der Waals surface area (Å²) >= 11 is 3.11. The van der Waals surface area contributed by atoms with E-state index in [1.165, 1.54) is 6.92 Å². The third-order valence-corrected chi connectivity index (χ3v) is 3.33. The molecule has 17 heavy (non-hydrogen) atoms. The molecule has 0 aromatic heterocycles. The van der Waals surface area contributed by atoms with E-state index in [9.17, 15) is 13.6 Å². The number of nitrogens with zero attached hydrogens (tertiary/aromatic N) is 1. The molecular formula is C9H15ClNO5S-. The number of ether oxygens (including phenoxy) is 1. The Balaban J connectivity index is 4.71. The van der Waals surface area contributed by atoms with Crippen LogP contribution in [0.4, 0.5) is 0 Å². The Morgan fingerprint density at radius 1 is 1.65 bits per heavy atom. The van der Waals surface area contributed by atoms with Crippen LogP contribution in [0.15, 0.2) is 5.16 Å². The molecule has 0 radical (unpaired) electrons. The molecule has 2 atom stereocenters. The molecule has 0 spiro atoms. The van der Waals surface area contributed by atoms with Crippen molar-refractivity contribution in [3.63, 3.8) is 0 Å². The number of rotatable bonds is 7. The molecule has 0 aliphatic rings. The predicted octanol–water partition coefficient (Wildman–Crippen LogP) is 1.24. The summed E-state index contributed by atoms with van der Waals surface area (Å²) in [7, 11) is 0. The second kappa shape index (κ2) is 7.62. The summed E-state index contributed by atoms with van der Waals surface area (Å²) in [6, 6.07) is 0. The lowest BCUT2D eigenvalue weighted by molar-refractivity contribution is -0.153. The summed E-state index contributed by atoms with van der Waals surface area (Å²) in [6.45, 7) is 3.28. The Kier molecular flexibility index (Phi) is 7.33. The molecule has 2 unspecified atom stereocenters. The molecule has 0 fully saturated rings. The normalized spacial score (nSPS) is 17.3. The summed E-state index contributed by atoms with van der Waals surface area (Å²) in [6.07, 6.45) is 0.229. The quantitative estimate of drug-likeness (QED) is 0.249. The van der Waals surface area contributed by atoms with Gasteiger partial charge in [0, 0.05) is 12.2 Å². The Morgan fingerprint density at radius 3 is 2.65 bits per heavy atom. The third-order valence-electron chi connectivity index (χ3n) is 2.20. The summed E-state index contributed by atoms with van der Waals surface area (Å²) in [5, 5.41) is 11.0. The van der Waals surface area contributed by atoms with Gasteiger partial charge >= 0.3 is 5.97 Å². The van der Waals surface area contributed by atoms with Gasteiger partial charge < -0.3 is 14.5 Å². The van der Waals surface area contributed by atoms with Crippen LogP contribution in [0.5, 0.6) is 0 Å². The summed E-state index contributed by atoms with van der Waals surface area (Å²) in [5.74, 6) is -0.965. The van der Waals surface area contributed by atoms with Gasteiger partial charge in [0.1, 0.15) is 5.17 Å². The number of carbonyl (C=O) groups excluding carboxylic acids is 1. The standard InChI is InChI=1S/C9H16ClNO5S/c1-3-16-8(12)9(2,6-17(14)15)5-4-7(10)11-13/h13H,3-6H2,1-2H3,(H,14,15)/p-1. The fraction of sp³-hybridized carbons (Fsp3) is 0.778. The van der Waals surface area contributed by atoms with Gasteiger partial charge in [0.05, 0.1) is 12.0 Å². The van der Waals surface area contributed by atoms with Gasteiger partial charge in [-0.05, 0) is 20.3 Å². The maximum Gasteiger partial charge on any atom is 0.312 e. The summed E-state index contributed by atoms with van der Waals surface area (Å²) in [4.78, 5) is 11.7. The van der Waals surface area contributed by atoms with E-state index in [0.717, 1.165) is 0 Å². The van der Waals surface area contributed by atoms with Crippen molar-refractivity contribution in [1.82, 2.24) is 0 Å². The highest BCUT2D eigenvalue weighted by Crippen LogP contribution is 2.27. The lowest BCUT2D eigenvalue weighted by Gasteiger charge is -2.27. The van der Waals surface area contributed by atoms with Gasteiger partial charge in [0.15, 0.2) is 0 Å². The second-order valence-electron chi connectivity index (χ2n) is 3.71. The van der Waals surface area contributed by atoms with Crippen molar-refractivity contribution in [2.24, 2.45) is 10.6 Å². The first kappa shape index (κ1) is 16.3. The molecule has 0 saturated heterocycles. The van der Waals surface area contributed by atoms with Gasteiger partial charge in [-0.25, -0.2) is 0 Å².